The normalized spacial score (nSPS) is 12.2. The predicted octanol–water partition coefficient (Wildman–Crippen LogP) is 6.83. The first-order valence-corrected chi connectivity index (χ1v) is 13.3. The standard InChI is InChI=1S/C21H23NSSi/c1-16-9-11-17(12-10-16)15-22-21-19-8-6-5-7-18(19)13-14-20(21)23-24(2,3)4/h5-15H,1-4H3/b22-15+. The molecule has 0 aromatic heterocycles. The average molecular weight is 350 g/mol. The van der Waals surface area contributed by atoms with Gasteiger partial charge in [0.25, 0.3) is 0 Å². The summed E-state index contributed by atoms with van der Waals surface area (Å²) in [5.74, 6) is 0. The van der Waals surface area contributed by atoms with Crippen molar-refractivity contribution in [3.8, 4) is 0 Å². The van der Waals surface area contributed by atoms with Gasteiger partial charge in [-0.15, -0.1) is 11.2 Å². The van der Waals surface area contributed by atoms with Crippen molar-refractivity contribution in [1.29, 1.82) is 0 Å². The Bertz CT molecular complexity index is 876. The van der Waals surface area contributed by atoms with E-state index in [1.807, 2.05) is 17.4 Å². The fraction of sp³-hybridized carbons (Fsp3) is 0.190. The quantitative estimate of drug-likeness (QED) is 0.371. The molecular weight excluding hydrogens is 326 g/mol. The molecule has 3 aromatic rings. The van der Waals surface area contributed by atoms with Crippen molar-refractivity contribution in [2.24, 2.45) is 4.99 Å². The van der Waals surface area contributed by atoms with Crippen LogP contribution in [-0.2, 0) is 0 Å². The van der Waals surface area contributed by atoms with Crippen LogP contribution in [0, 0.1) is 6.92 Å². The lowest BCUT2D eigenvalue weighted by Gasteiger charge is -2.17. The number of fused-ring (bicyclic) bond motifs is 1. The lowest BCUT2D eigenvalue weighted by molar-refractivity contribution is 1.41. The summed E-state index contributed by atoms with van der Waals surface area (Å²) in [5, 5.41) is 2.47. The van der Waals surface area contributed by atoms with Crippen molar-refractivity contribution in [1.82, 2.24) is 0 Å². The Morgan fingerprint density at radius 1 is 0.875 bits per heavy atom. The number of benzene rings is 3. The maximum absolute atomic E-state index is 4.89. The minimum Gasteiger partial charge on any atom is -0.254 e. The molecule has 24 heavy (non-hydrogen) atoms. The molecule has 0 N–H and O–H groups in total. The Kier molecular flexibility index (Phi) is 4.92. The third kappa shape index (κ3) is 4.16. The summed E-state index contributed by atoms with van der Waals surface area (Å²) in [4.78, 5) is 6.18. The Hall–Kier alpha value is -1.84. The maximum atomic E-state index is 4.89. The van der Waals surface area contributed by atoms with Gasteiger partial charge in [0, 0.05) is 16.5 Å². The van der Waals surface area contributed by atoms with Gasteiger partial charge < -0.3 is 0 Å². The molecule has 0 saturated carbocycles. The van der Waals surface area contributed by atoms with Gasteiger partial charge in [-0.25, -0.2) is 0 Å². The highest BCUT2D eigenvalue weighted by Gasteiger charge is 2.18. The van der Waals surface area contributed by atoms with Crippen LogP contribution in [0.25, 0.3) is 10.8 Å². The molecule has 0 bridgehead atoms. The van der Waals surface area contributed by atoms with Gasteiger partial charge in [0.1, 0.15) is 7.22 Å². The van der Waals surface area contributed by atoms with Crippen LogP contribution in [0.3, 0.4) is 0 Å². The van der Waals surface area contributed by atoms with Crippen LogP contribution < -0.4 is 0 Å². The van der Waals surface area contributed by atoms with Crippen molar-refractivity contribution in [2.45, 2.75) is 31.5 Å². The van der Waals surface area contributed by atoms with E-state index in [0.717, 1.165) is 11.3 Å². The average Bonchev–Trinajstić information content (AvgIpc) is 2.54. The van der Waals surface area contributed by atoms with Gasteiger partial charge in [-0.2, -0.15) is 0 Å². The topological polar surface area (TPSA) is 12.4 Å². The van der Waals surface area contributed by atoms with Gasteiger partial charge in [-0.1, -0.05) is 79.8 Å². The summed E-state index contributed by atoms with van der Waals surface area (Å²) < 4.78 is 0. The number of aryl methyl sites for hydroxylation is 1. The van der Waals surface area contributed by atoms with E-state index in [2.05, 4.69) is 87.2 Å². The number of aliphatic imine (C=N–C) groups is 1. The lowest BCUT2D eigenvalue weighted by Crippen LogP contribution is -2.13. The van der Waals surface area contributed by atoms with Crippen molar-refractivity contribution >= 4 is 41.1 Å². The number of hydrogen-bond acceptors (Lipinski definition) is 2. The van der Waals surface area contributed by atoms with Gasteiger partial charge in [-0.3, -0.25) is 4.99 Å². The molecule has 0 atom stereocenters. The molecule has 0 aliphatic carbocycles. The summed E-state index contributed by atoms with van der Waals surface area (Å²) in [7, 11) is -1.29. The third-order valence-corrected chi connectivity index (χ3v) is 7.36. The van der Waals surface area contributed by atoms with Gasteiger partial charge in [0.2, 0.25) is 0 Å². The highest BCUT2D eigenvalue weighted by atomic mass is 32.4. The molecule has 3 heteroatoms. The fourth-order valence-corrected chi connectivity index (χ4v) is 6.10. The second-order valence-corrected chi connectivity index (χ2v) is 16.2. The summed E-state index contributed by atoms with van der Waals surface area (Å²) in [6.45, 7) is 9.23. The largest absolute Gasteiger partial charge is 0.254 e. The smallest absolute Gasteiger partial charge is 0.114 e. The first kappa shape index (κ1) is 17.0. The highest BCUT2D eigenvalue weighted by molar-refractivity contribution is 8.28. The Labute approximate surface area is 149 Å². The zero-order valence-corrected chi connectivity index (χ0v) is 16.5. The Morgan fingerprint density at radius 2 is 1.58 bits per heavy atom. The van der Waals surface area contributed by atoms with Gasteiger partial charge in [0.05, 0.1) is 5.69 Å². The zero-order chi connectivity index (χ0) is 17.2. The van der Waals surface area contributed by atoms with E-state index >= 15 is 0 Å². The van der Waals surface area contributed by atoms with E-state index in [0.29, 0.717) is 0 Å². The van der Waals surface area contributed by atoms with Crippen LogP contribution in [0.2, 0.25) is 19.6 Å². The molecule has 1 nitrogen and oxygen atoms in total. The molecule has 0 fully saturated rings. The minimum absolute atomic E-state index is 1.10. The number of rotatable bonds is 4. The molecule has 3 rings (SSSR count). The molecule has 0 amide bonds. The monoisotopic (exact) mass is 349 g/mol. The molecule has 0 unspecified atom stereocenters. The molecule has 0 heterocycles. The molecule has 0 radical (unpaired) electrons. The van der Waals surface area contributed by atoms with E-state index in [1.165, 1.54) is 21.2 Å². The van der Waals surface area contributed by atoms with Crippen LogP contribution >= 0.6 is 11.2 Å². The van der Waals surface area contributed by atoms with E-state index < -0.39 is 7.22 Å². The van der Waals surface area contributed by atoms with Crippen LogP contribution in [0.15, 0.2) is 70.6 Å². The lowest BCUT2D eigenvalue weighted by atomic mass is 10.1. The maximum Gasteiger partial charge on any atom is 0.114 e. The molecule has 0 saturated heterocycles. The predicted molar refractivity (Wildman–Crippen MR) is 112 cm³/mol. The van der Waals surface area contributed by atoms with Gasteiger partial charge in [-0.05, 0) is 23.9 Å². The molecule has 3 aromatic carbocycles. The van der Waals surface area contributed by atoms with Crippen molar-refractivity contribution in [3.63, 3.8) is 0 Å². The van der Waals surface area contributed by atoms with Crippen LogP contribution in [0.1, 0.15) is 11.1 Å². The molecule has 122 valence electrons. The van der Waals surface area contributed by atoms with Gasteiger partial charge in [0.15, 0.2) is 0 Å². The van der Waals surface area contributed by atoms with Crippen LogP contribution in [0.5, 0.6) is 0 Å². The number of hydrogen-bond donors (Lipinski definition) is 0. The van der Waals surface area contributed by atoms with Crippen molar-refractivity contribution < 1.29 is 0 Å². The van der Waals surface area contributed by atoms with Crippen molar-refractivity contribution in [2.75, 3.05) is 0 Å². The molecule has 0 spiro atoms. The number of nitrogens with zero attached hydrogens (tertiary/aromatic N) is 1. The second-order valence-electron chi connectivity index (χ2n) is 7.02. The van der Waals surface area contributed by atoms with E-state index in [4.69, 9.17) is 4.99 Å². The van der Waals surface area contributed by atoms with E-state index in [-0.39, 0.29) is 0 Å². The Balaban J connectivity index is 2.08. The summed E-state index contributed by atoms with van der Waals surface area (Å²) in [5.41, 5.74) is 3.51. The molecule has 0 aliphatic heterocycles. The van der Waals surface area contributed by atoms with Gasteiger partial charge >= 0.3 is 0 Å². The summed E-state index contributed by atoms with van der Waals surface area (Å²) in [6, 6.07) is 21.4. The fourth-order valence-electron chi connectivity index (χ4n) is 2.57. The van der Waals surface area contributed by atoms with E-state index in [9.17, 15) is 0 Å². The third-order valence-electron chi connectivity index (χ3n) is 3.70. The second kappa shape index (κ2) is 6.95. The SMILES string of the molecule is Cc1ccc(/C=N/c2c(S[Si](C)(C)C)ccc3ccccc23)cc1. The molecular formula is C21H23NSSi. The summed E-state index contributed by atoms with van der Waals surface area (Å²) in [6.07, 6.45) is 1.98. The van der Waals surface area contributed by atoms with Crippen molar-refractivity contribution in [3.05, 3.63) is 71.8 Å². The minimum atomic E-state index is -1.29. The summed E-state index contributed by atoms with van der Waals surface area (Å²) >= 11 is 2.00. The Morgan fingerprint density at radius 3 is 2.29 bits per heavy atom. The first-order valence-electron chi connectivity index (χ1n) is 8.24. The molecule has 0 aliphatic rings. The van der Waals surface area contributed by atoms with Crippen LogP contribution in [-0.4, -0.2) is 13.4 Å². The first-order chi connectivity index (χ1) is 11.4. The van der Waals surface area contributed by atoms with Crippen LogP contribution in [0.4, 0.5) is 5.69 Å². The van der Waals surface area contributed by atoms with E-state index in [1.54, 1.807) is 0 Å². The highest BCUT2D eigenvalue weighted by Crippen LogP contribution is 2.40. The zero-order valence-electron chi connectivity index (χ0n) is 14.7.